The van der Waals surface area contributed by atoms with Crippen molar-refractivity contribution in [1.82, 2.24) is 15.1 Å². The van der Waals surface area contributed by atoms with Gasteiger partial charge in [0, 0.05) is 24.7 Å². The molecule has 0 radical (unpaired) electrons. The third-order valence-electron chi connectivity index (χ3n) is 2.86. The molecule has 0 spiro atoms. The number of hydrogen-bond donors (Lipinski definition) is 1. The Morgan fingerprint density at radius 1 is 1.47 bits per heavy atom. The van der Waals surface area contributed by atoms with Crippen LogP contribution >= 0.6 is 0 Å². The highest BCUT2D eigenvalue weighted by atomic mass is 19.3. The fourth-order valence-electron chi connectivity index (χ4n) is 1.86. The fourth-order valence-corrected chi connectivity index (χ4v) is 1.86. The van der Waals surface area contributed by atoms with E-state index in [9.17, 15) is 8.78 Å². The van der Waals surface area contributed by atoms with Crippen LogP contribution in [0.4, 0.5) is 8.78 Å². The van der Waals surface area contributed by atoms with Gasteiger partial charge in [-0.25, -0.2) is 8.78 Å². The van der Waals surface area contributed by atoms with Crippen molar-refractivity contribution in [2.45, 2.75) is 52.2 Å². The molecule has 0 bridgehead atoms. The Bertz CT molecular complexity index is 370. The minimum absolute atomic E-state index is 0.0758. The van der Waals surface area contributed by atoms with Crippen molar-refractivity contribution >= 4 is 0 Å². The molecule has 0 aliphatic heterocycles. The maximum atomic E-state index is 13.0. The van der Waals surface area contributed by atoms with Crippen molar-refractivity contribution in [3.63, 3.8) is 0 Å². The van der Waals surface area contributed by atoms with Gasteiger partial charge >= 0.3 is 0 Å². The highest BCUT2D eigenvalue weighted by molar-refractivity contribution is 5.19. The number of rotatable bonds is 6. The van der Waals surface area contributed by atoms with Gasteiger partial charge in [0.25, 0.3) is 6.43 Å². The van der Waals surface area contributed by atoms with E-state index < -0.39 is 6.43 Å². The van der Waals surface area contributed by atoms with E-state index >= 15 is 0 Å². The van der Waals surface area contributed by atoms with Gasteiger partial charge in [-0.05, 0) is 18.8 Å². The molecule has 1 N–H and O–H groups in total. The second kappa shape index (κ2) is 5.12. The highest BCUT2D eigenvalue weighted by Crippen LogP contribution is 2.25. The van der Waals surface area contributed by atoms with Crippen molar-refractivity contribution in [3.05, 3.63) is 17.5 Å². The van der Waals surface area contributed by atoms with Gasteiger partial charge < -0.3 is 5.32 Å². The molecule has 1 saturated carbocycles. The van der Waals surface area contributed by atoms with Gasteiger partial charge in [0.15, 0.2) is 0 Å². The molecule has 3 nitrogen and oxygen atoms in total. The quantitative estimate of drug-likeness (QED) is 0.832. The van der Waals surface area contributed by atoms with E-state index in [2.05, 4.69) is 10.4 Å². The number of hydrogen-bond acceptors (Lipinski definition) is 2. The molecular weight excluding hydrogens is 224 g/mol. The predicted molar refractivity (Wildman–Crippen MR) is 61.9 cm³/mol. The molecule has 0 amide bonds. The summed E-state index contributed by atoms with van der Waals surface area (Å²) >= 11 is 0. The summed E-state index contributed by atoms with van der Waals surface area (Å²) < 4.78 is 27.5. The molecule has 0 atom stereocenters. The monoisotopic (exact) mass is 243 g/mol. The van der Waals surface area contributed by atoms with Crippen molar-refractivity contribution in [2.24, 2.45) is 5.92 Å². The van der Waals surface area contributed by atoms with Gasteiger partial charge in [-0.15, -0.1) is 0 Å². The van der Waals surface area contributed by atoms with Gasteiger partial charge in [0.1, 0.15) is 5.69 Å². The fraction of sp³-hybridized carbons (Fsp3) is 0.750. The Morgan fingerprint density at radius 2 is 2.18 bits per heavy atom. The van der Waals surface area contributed by atoms with Crippen LogP contribution in [0.5, 0.6) is 0 Å². The van der Waals surface area contributed by atoms with E-state index in [1.807, 2.05) is 13.8 Å². The standard InChI is InChI=1S/C12H19F2N3/c1-8(2)7-17-11(12(13)14)9(6-16-17)5-15-10-3-4-10/h6,8,10,12,15H,3-5,7H2,1-2H3. The van der Waals surface area contributed by atoms with Crippen molar-refractivity contribution in [3.8, 4) is 0 Å². The van der Waals surface area contributed by atoms with Crippen LogP contribution in [-0.4, -0.2) is 15.8 Å². The summed E-state index contributed by atoms with van der Waals surface area (Å²) in [6.45, 7) is 5.05. The van der Waals surface area contributed by atoms with Crippen LogP contribution in [0.25, 0.3) is 0 Å². The summed E-state index contributed by atoms with van der Waals surface area (Å²) in [5.41, 5.74) is 0.708. The Hall–Kier alpha value is -0.970. The Labute approximate surface area is 100 Å². The normalized spacial score (nSPS) is 16.1. The number of aromatic nitrogens is 2. The number of nitrogens with one attached hydrogen (secondary N) is 1. The van der Waals surface area contributed by atoms with Crippen LogP contribution in [-0.2, 0) is 13.1 Å². The summed E-state index contributed by atoms with van der Waals surface area (Å²) in [7, 11) is 0. The van der Waals surface area contributed by atoms with Gasteiger partial charge in [-0.1, -0.05) is 13.8 Å². The second-order valence-corrected chi connectivity index (χ2v) is 5.09. The maximum absolute atomic E-state index is 13.0. The van der Waals surface area contributed by atoms with Gasteiger partial charge in [0.05, 0.1) is 6.20 Å². The lowest BCUT2D eigenvalue weighted by molar-refractivity contribution is 0.136. The Morgan fingerprint density at radius 3 is 2.71 bits per heavy atom. The lowest BCUT2D eigenvalue weighted by atomic mass is 10.2. The molecule has 1 fully saturated rings. The molecule has 1 aromatic heterocycles. The molecule has 5 heteroatoms. The van der Waals surface area contributed by atoms with Crippen LogP contribution in [0.15, 0.2) is 6.20 Å². The predicted octanol–water partition coefficient (Wildman–Crippen LogP) is 2.73. The lowest BCUT2D eigenvalue weighted by Gasteiger charge is -2.11. The van der Waals surface area contributed by atoms with Crippen LogP contribution in [0.3, 0.4) is 0 Å². The molecule has 1 aromatic rings. The third-order valence-corrected chi connectivity index (χ3v) is 2.86. The number of alkyl halides is 2. The second-order valence-electron chi connectivity index (χ2n) is 5.09. The minimum Gasteiger partial charge on any atom is -0.310 e. The molecule has 17 heavy (non-hydrogen) atoms. The van der Waals surface area contributed by atoms with E-state index in [4.69, 9.17) is 0 Å². The lowest BCUT2D eigenvalue weighted by Crippen LogP contribution is -2.17. The molecule has 1 aliphatic carbocycles. The molecular formula is C12H19F2N3. The van der Waals surface area contributed by atoms with Gasteiger partial charge in [0.2, 0.25) is 0 Å². The molecule has 96 valence electrons. The van der Waals surface area contributed by atoms with E-state index in [1.54, 1.807) is 6.20 Å². The van der Waals surface area contributed by atoms with Crippen LogP contribution in [0.1, 0.15) is 44.4 Å². The Balaban J connectivity index is 2.09. The largest absolute Gasteiger partial charge is 0.310 e. The van der Waals surface area contributed by atoms with E-state index in [0.29, 0.717) is 30.6 Å². The van der Waals surface area contributed by atoms with Crippen LogP contribution in [0.2, 0.25) is 0 Å². The van der Waals surface area contributed by atoms with Gasteiger partial charge in [-0.3, -0.25) is 4.68 Å². The van der Waals surface area contributed by atoms with E-state index in [-0.39, 0.29) is 5.69 Å². The summed E-state index contributed by atoms with van der Waals surface area (Å²) in [6.07, 6.45) is 1.43. The molecule has 2 rings (SSSR count). The van der Waals surface area contributed by atoms with Crippen molar-refractivity contribution in [1.29, 1.82) is 0 Å². The molecule has 0 saturated heterocycles. The first-order valence-electron chi connectivity index (χ1n) is 6.14. The smallest absolute Gasteiger partial charge is 0.280 e. The molecule has 1 heterocycles. The average molecular weight is 243 g/mol. The van der Waals surface area contributed by atoms with Crippen LogP contribution in [0, 0.1) is 5.92 Å². The molecule has 0 aromatic carbocycles. The summed E-state index contributed by atoms with van der Waals surface area (Å²) in [5.74, 6) is 0.316. The first kappa shape index (κ1) is 12.5. The van der Waals surface area contributed by atoms with E-state index in [0.717, 1.165) is 12.8 Å². The first-order valence-corrected chi connectivity index (χ1v) is 6.14. The topological polar surface area (TPSA) is 29.9 Å². The van der Waals surface area contributed by atoms with Crippen LogP contribution < -0.4 is 5.32 Å². The number of halogens is 2. The zero-order valence-electron chi connectivity index (χ0n) is 10.3. The van der Waals surface area contributed by atoms with E-state index in [1.165, 1.54) is 4.68 Å². The zero-order chi connectivity index (χ0) is 12.4. The SMILES string of the molecule is CC(C)Cn1ncc(CNC2CC2)c1C(F)F. The first-order chi connectivity index (χ1) is 8.08. The summed E-state index contributed by atoms with van der Waals surface area (Å²) in [5, 5.41) is 7.32. The van der Waals surface area contributed by atoms with Crippen molar-refractivity contribution < 1.29 is 8.78 Å². The number of nitrogens with zero attached hydrogens (tertiary/aromatic N) is 2. The molecule has 0 unspecified atom stereocenters. The average Bonchev–Trinajstić information content (AvgIpc) is 2.97. The Kier molecular flexibility index (Phi) is 3.76. The zero-order valence-corrected chi connectivity index (χ0v) is 10.3. The molecule has 1 aliphatic rings. The van der Waals surface area contributed by atoms with Gasteiger partial charge in [-0.2, -0.15) is 5.10 Å². The van der Waals surface area contributed by atoms with Crippen molar-refractivity contribution in [2.75, 3.05) is 0 Å². The highest BCUT2D eigenvalue weighted by Gasteiger charge is 2.24. The third kappa shape index (κ3) is 3.25. The summed E-state index contributed by atoms with van der Waals surface area (Å²) in [4.78, 5) is 0. The summed E-state index contributed by atoms with van der Waals surface area (Å²) in [6, 6.07) is 0.522. The minimum atomic E-state index is -2.45. The maximum Gasteiger partial charge on any atom is 0.280 e.